The summed E-state index contributed by atoms with van der Waals surface area (Å²) in [5.41, 5.74) is 2.30. The average molecular weight is 528 g/mol. The number of methoxy groups -OCH3 is 1. The second-order valence-corrected chi connectivity index (χ2v) is 8.46. The third-order valence-electron chi connectivity index (χ3n) is 6.32. The topological polar surface area (TPSA) is 74.8 Å². The molecule has 30 heavy (non-hydrogen) atoms. The number of amides is 1. The minimum Gasteiger partial charge on any atom is -0.385 e. The normalized spacial score (nSPS) is 17.9. The van der Waals surface area contributed by atoms with E-state index < -0.39 is 0 Å². The first-order chi connectivity index (χ1) is 14.1. The van der Waals surface area contributed by atoms with Crippen molar-refractivity contribution in [2.24, 2.45) is 16.3 Å². The molecule has 3 rings (SSSR count). The lowest BCUT2D eigenvalue weighted by Crippen LogP contribution is -2.46. The second kappa shape index (κ2) is 12.5. The number of ether oxygens (including phenoxy) is 1. The second-order valence-electron chi connectivity index (χ2n) is 8.46. The molecule has 0 unspecified atom stereocenters. The number of hydrogen-bond donors (Lipinski definition) is 3. The van der Waals surface area contributed by atoms with Crippen LogP contribution in [0.15, 0.2) is 29.3 Å². The average Bonchev–Trinajstić information content (AvgIpc) is 2.63. The summed E-state index contributed by atoms with van der Waals surface area (Å²) in [6, 6.07) is 8.01. The van der Waals surface area contributed by atoms with Crippen molar-refractivity contribution in [3.05, 3.63) is 29.8 Å². The van der Waals surface area contributed by atoms with E-state index in [1.165, 1.54) is 25.7 Å². The first-order valence-corrected chi connectivity index (χ1v) is 11.0. The van der Waals surface area contributed by atoms with Gasteiger partial charge in [0.2, 0.25) is 5.91 Å². The standard InChI is InChI=1S/C23H36N4O2.HI/c1-3-24-22(26-17-23(11-6-12-23)13-14-29-2)25-16-18-7-4-10-20(15-18)27-21(28)19-8-5-9-19;/h4,7,10,15,19H,3,5-6,8-9,11-14,16-17H2,1-2H3,(H,27,28)(H2,24,25,26);1H. The number of guanidine groups is 1. The van der Waals surface area contributed by atoms with Gasteiger partial charge in [0.05, 0.1) is 6.54 Å². The fraction of sp³-hybridized carbons (Fsp3) is 0.652. The Balaban J connectivity index is 0.00000320. The van der Waals surface area contributed by atoms with E-state index in [0.717, 1.165) is 56.2 Å². The van der Waals surface area contributed by atoms with Gasteiger partial charge in [-0.3, -0.25) is 4.79 Å². The summed E-state index contributed by atoms with van der Waals surface area (Å²) in [4.78, 5) is 16.9. The highest BCUT2D eigenvalue weighted by Crippen LogP contribution is 2.43. The minimum absolute atomic E-state index is 0. The van der Waals surface area contributed by atoms with Crippen LogP contribution in [0.3, 0.4) is 0 Å². The molecule has 1 amide bonds. The van der Waals surface area contributed by atoms with E-state index >= 15 is 0 Å². The Morgan fingerprint density at radius 3 is 2.63 bits per heavy atom. The minimum atomic E-state index is 0. The van der Waals surface area contributed by atoms with Gasteiger partial charge in [0.25, 0.3) is 0 Å². The molecule has 168 valence electrons. The molecule has 2 aliphatic rings. The van der Waals surface area contributed by atoms with Gasteiger partial charge in [-0.25, -0.2) is 4.99 Å². The van der Waals surface area contributed by atoms with Crippen LogP contribution in [0.25, 0.3) is 0 Å². The quantitative estimate of drug-likeness (QED) is 0.241. The van der Waals surface area contributed by atoms with Gasteiger partial charge in [-0.1, -0.05) is 25.0 Å². The van der Waals surface area contributed by atoms with Crippen molar-refractivity contribution in [2.45, 2.75) is 58.4 Å². The summed E-state index contributed by atoms with van der Waals surface area (Å²) in [6.07, 6.45) is 8.10. The largest absolute Gasteiger partial charge is 0.385 e. The fourth-order valence-electron chi connectivity index (χ4n) is 3.96. The van der Waals surface area contributed by atoms with Crippen LogP contribution in [-0.2, 0) is 16.1 Å². The van der Waals surface area contributed by atoms with Gasteiger partial charge < -0.3 is 20.7 Å². The van der Waals surface area contributed by atoms with Crippen molar-refractivity contribution < 1.29 is 9.53 Å². The van der Waals surface area contributed by atoms with E-state index in [-0.39, 0.29) is 35.8 Å². The molecule has 6 nitrogen and oxygen atoms in total. The van der Waals surface area contributed by atoms with E-state index in [4.69, 9.17) is 9.73 Å². The molecule has 0 bridgehead atoms. The van der Waals surface area contributed by atoms with Crippen molar-refractivity contribution in [2.75, 3.05) is 32.1 Å². The van der Waals surface area contributed by atoms with Gasteiger partial charge in [0.15, 0.2) is 5.96 Å². The van der Waals surface area contributed by atoms with Gasteiger partial charge in [0, 0.05) is 38.4 Å². The number of aliphatic imine (C=N–C) groups is 1. The number of carbonyl (C=O) groups excluding carboxylic acids is 1. The third-order valence-corrected chi connectivity index (χ3v) is 6.32. The van der Waals surface area contributed by atoms with E-state index in [1.807, 2.05) is 18.2 Å². The smallest absolute Gasteiger partial charge is 0.227 e. The number of benzene rings is 1. The van der Waals surface area contributed by atoms with Gasteiger partial charge in [-0.2, -0.15) is 0 Å². The van der Waals surface area contributed by atoms with Crippen molar-refractivity contribution in [1.29, 1.82) is 0 Å². The summed E-state index contributed by atoms with van der Waals surface area (Å²) in [5.74, 6) is 1.19. The molecule has 1 aromatic rings. The summed E-state index contributed by atoms with van der Waals surface area (Å²) >= 11 is 0. The molecule has 2 aliphatic carbocycles. The number of hydrogen-bond acceptors (Lipinski definition) is 3. The number of halogens is 1. The molecule has 0 aliphatic heterocycles. The molecule has 0 atom stereocenters. The van der Waals surface area contributed by atoms with Crippen LogP contribution < -0.4 is 16.0 Å². The molecule has 0 saturated heterocycles. The molecule has 0 radical (unpaired) electrons. The Kier molecular flexibility index (Phi) is 10.4. The van der Waals surface area contributed by atoms with Crippen molar-refractivity contribution in [3.63, 3.8) is 0 Å². The van der Waals surface area contributed by atoms with Crippen LogP contribution in [-0.4, -0.2) is 38.7 Å². The third kappa shape index (κ3) is 7.11. The lowest BCUT2D eigenvalue weighted by atomic mass is 9.67. The van der Waals surface area contributed by atoms with Crippen LogP contribution in [0.2, 0.25) is 0 Å². The van der Waals surface area contributed by atoms with E-state index in [2.05, 4.69) is 28.9 Å². The lowest BCUT2D eigenvalue weighted by molar-refractivity contribution is -0.122. The van der Waals surface area contributed by atoms with Gasteiger partial charge in [0.1, 0.15) is 0 Å². The summed E-state index contributed by atoms with van der Waals surface area (Å²) in [5, 5.41) is 9.92. The van der Waals surface area contributed by atoms with Crippen molar-refractivity contribution >= 4 is 41.5 Å². The molecule has 1 aromatic carbocycles. The SMILES string of the molecule is CCNC(=NCc1cccc(NC(=O)C2CCC2)c1)NCC1(CCOC)CCC1.I. The highest BCUT2D eigenvalue weighted by Gasteiger charge is 2.36. The van der Waals surface area contributed by atoms with Gasteiger partial charge >= 0.3 is 0 Å². The molecule has 0 spiro atoms. The Morgan fingerprint density at radius 1 is 1.23 bits per heavy atom. The fourth-order valence-corrected chi connectivity index (χ4v) is 3.96. The maximum atomic E-state index is 12.2. The maximum Gasteiger partial charge on any atom is 0.227 e. The zero-order valence-corrected chi connectivity index (χ0v) is 20.7. The predicted octanol–water partition coefficient (Wildman–Crippen LogP) is 4.31. The van der Waals surface area contributed by atoms with Crippen LogP contribution in [0.1, 0.15) is 57.4 Å². The van der Waals surface area contributed by atoms with Crippen molar-refractivity contribution in [1.82, 2.24) is 10.6 Å². The highest BCUT2D eigenvalue weighted by atomic mass is 127. The molecule has 3 N–H and O–H groups in total. The molecule has 2 saturated carbocycles. The molecule has 0 heterocycles. The first kappa shape index (κ1) is 24.9. The number of rotatable bonds is 10. The first-order valence-electron chi connectivity index (χ1n) is 11.0. The number of nitrogens with one attached hydrogen (secondary N) is 3. The number of anilines is 1. The van der Waals surface area contributed by atoms with Gasteiger partial charge in [-0.05, 0) is 62.1 Å². The summed E-state index contributed by atoms with van der Waals surface area (Å²) < 4.78 is 5.29. The van der Waals surface area contributed by atoms with E-state index in [9.17, 15) is 4.79 Å². The summed E-state index contributed by atoms with van der Waals surface area (Å²) in [6.45, 7) is 5.23. The number of carbonyl (C=O) groups is 1. The Hall–Kier alpha value is -1.35. The zero-order chi connectivity index (χ0) is 20.5. The van der Waals surface area contributed by atoms with E-state index in [0.29, 0.717) is 12.0 Å². The monoisotopic (exact) mass is 528 g/mol. The molecular formula is C23H37IN4O2. The summed E-state index contributed by atoms with van der Waals surface area (Å²) in [7, 11) is 1.77. The Bertz CT molecular complexity index is 702. The maximum absolute atomic E-state index is 12.2. The van der Waals surface area contributed by atoms with Crippen molar-refractivity contribution in [3.8, 4) is 0 Å². The number of nitrogens with zero attached hydrogens (tertiary/aromatic N) is 1. The molecule has 0 aromatic heterocycles. The van der Waals surface area contributed by atoms with Gasteiger partial charge in [-0.15, -0.1) is 24.0 Å². The molecular weight excluding hydrogens is 491 g/mol. The van der Waals surface area contributed by atoms with Crippen LogP contribution >= 0.6 is 24.0 Å². The van der Waals surface area contributed by atoms with Crippen LogP contribution in [0.5, 0.6) is 0 Å². The Labute approximate surface area is 198 Å². The molecule has 2 fully saturated rings. The Morgan fingerprint density at radius 2 is 2.03 bits per heavy atom. The van der Waals surface area contributed by atoms with Crippen LogP contribution in [0, 0.1) is 11.3 Å². The zero-order valence-electron chi connectivity index (χ0n) is 18.3. The predicted molar refractivity (Wildman–Crippen MR) is 133 cm³/mol. The highest BCUT2D eigenvalue weighted by molar-refractivity contribution is 14.0. The van der Waals surface area contributed by atoms with Crippen LogP contribution in [0.4, 0.5) is 5.69 Å². The molecule has 7 heteroatoms. The lowest BCUT2D eigenvalue weighted by Gasteiger charge is -2.42. The van der Waals surface area contributed by atoms with E-state index in [1.54, 1.807) is 7.11 Å².